The summed E-state index contributed by atoms with van der Waals surface area (Å²) in [6, 6.07) is 6.30. The number of rotatable bonds is 6. The van der Waals surface area contributed by atoms with E-state index >= 15 is 0 Å². The van der Waals surface area contributed by atoms with E-state index in [-0.39, 0.29) is 12.1 Å². The van der Waals surface area contributed by atoms with Gasteiger partial charge in [-0.15, -0.1) is 0 Å². The Morgan fingerprint density at radius 3 is 2.50 bits per heavy atom. The van der Waals surface area contributed by atoms with Crippen molar-refractivity contribution >= 4 is 0 Å². The van der Waals surface area contributed by atoms with Crippen LogP contribution in [0.5, 0.6) is 11.5 Å². The normalized spacial score (nSPS) is 30.3. The van der Waals surface area contributed by atoms with E-state index in [9.17, 15) is 5.11 Å². The number of hydrogen-bond acceptors (Lipinski definition) is 4. The molecule has 3 fully saturated rings. The van der Waals surface area contributed by atoms with E-state index in [1.54, 1.807) is 0 Å². The van der Waals surface area contributed by atoms with E-state index in [4.69, 9.17) is 9.47 Å². The minimum atomic E-state index is -0.205. The number of fused-ring (bicyclic) bond motifs is 3. The third-order valence-corrected chi connectivity index (χ3v) is 5.00. The maximum absolute atomic E-state index is 10.6. The molecule has 122 valence electrons. The topological polar surface area (TPSA) is 41.9 Å². The van der Waals surface area contributed by atoms with Gasteiger partial charge in [-0.25, -0.2) is 0 Å². The predicted molar refractivity (Wildman–Crippen MR) is 86.6 cm³/mol. The van der Waals surface area contributed by atoms with Crippen molar-refractivity contribution < 1.29 is 14.6 Å². The summed E-state index contributed by atoms with van der Waals surface area (Å²) in [5.41, 5.74) is 1.17. The standard InChI is InChI=1S/C18H27NO3/c1-3-21-15-6-5-14(17(12-15)22-4-2)11-16-18(20)13-7-9-19(16)10-8-13/h5-6,12-13,16,18,20H,3-4,7-11H2,1-2H3. The molecular weight excluding hydrogens is 278 g/mol. The van der Waals surface area contributed by atoms with Crippen LogP contribution in [0.4, 0.5) is 0 Å². The fourth-order valence-electron chi connectivity index (χ4n) is 3.85. The smallest absolute Gasteiger partial charge is 0.126 e. The Morgan fingerprint density at radius 2 is 1.86 bits per heavy atom. The van der Waals surface area contributed by atoms with Gasteiger partial charge in [0.1, 0.15) is 11.5 Å². The third-order valence-electron chi connectivity index (χ3n) is 5.00. The fraction of sp³-hybridized carbons (Fsp3) is 0.667. The zero-order valence-corrected chi connectivity index (χ0v) is 13.6. The van der Waals surface area contributed by atoms with Crippen LogP contribution in [0.3, 0.4) is 0 Å². The Bertz CT molecular complexity index is 495. The van der Waals surface area contributed by atoms with Gasteiger partial charge in [0.15, 0.2) is 0 Å². The van der Waals surface area contributed by atoms with Crippen molar-refractivity contribution in [1.29, 1.82) is 0 Å². The quantitative estimate of drug-likeness (QED) is 0.877. The molecule has 2 bridgehead atoms. The lowest BCUT2D eigenvalue weighted by molar-refractivity contribution is -0.0716. The van der Waals surface area contributed by atoms with Crippen LogP contribution in [-0.4, -0.2) is 48.5 Å². The SMILES string of the molecule is CCOc1ccc(CC2C(O)C3CCN2CC3)c(OCC)c1. The van der Waals surface area contributed by atoms with Crippen LogP contribution in [0.15, 0.2) is 18.2 Å². The van der Waals surface area contributed by atoms with E-state index in [1.165, 1.54) is 5.56 Å². The summed E-state index contributed by atoms with van der Waals surface area (Å²) >= 11 is 0. The predicted octanol–water partition coefficient (Wildman–Crippen LogP) is 2.48. The lowest BCUT2D eigenvalue weighted by Gasteiger charge is -2.49. The van der Waals surface area contributed by atoms with Gasteiger partial charge in [0.25, 0.3) is 0 Å². The number of hydrogen-bond donors (Lipinski definition) is 1. The summed E-state index contributed by atoms with van der Waals surface area (Å²) in [4.78, 5) is 2.44. The minimum absolute atomic E-state index is 0.205. The Labute approximate surface area is 133 Å². The van der Waals surface area contributed by atoms with Crippen LogP contribution >= 0.6 is 0 Å². The Kier molecular flexibility index (Phi) is 4.89. The summed E-state index contributed by atoms with van der Waals surface area (Å²) in [6.45, 7) is 7.51. The van der Waals surface area contributed by atoms with Crippen molar-refractivity contribution in [2.45, 2.75) is 45.3 Å². The molecule has 2 unspecified atom stereocenters. The zero-order chi connectivity index (χ0) is 15.5. The lowest BCUT2D eigenvalue weighted by Crippen LogP contribution is -2.58. The van der Waals surface area contributed by atoms with Gasteiger partial charge in [-0.1, -0.05) is 6.07 Å². The molecule has 0 aliphatic carbocycles. The molecule has 2 atom stereocenters. The van der Waals surface area contributed by atoms with Crippen LogP contribution in [0.25, 0.3) is 0 Å². The van der Waals surface area contributed by atoms with Gasteiger partial charge in [0, 0.05) is 12.1 Å². The monoisotopic (exact) mass is 305 g/mol. The number of ether oxygens (including phenoxy) is 2. The number of aliphatic hydroxyl groups excluding tert-OH is 1. The number of piperidine rings is 3. The van der Waals surface area contributed by atoms with Gasteiger partial charge in [0.2, 0.25) is 0 Å². The molecule has 4 rings (SSSR count). The van der Waals surface area contributed by atoms with Crippen molar-refractivity contribution in [3.05, 3.63) is 23.8 Å². The second-order valence-electron chi connectivity index (χ2n) is 6.27. The molecule has 0 aromatic heterocycles. The van der Waals surface area contributed by atoms with Crippen LogP contribution in [0.2, 0.25) is 0 Å². The van der Waals surface area contributed by atoms with Crippen molar-refractivity contribution in [3.8, 4) is 11.5 Å². The number of aliphatic hydroxyl groups is 1. The van der Waals surface area contributed by atoms with E-state index < -0.39 is 0 Å². The molecule has 3 saturated heterocycles. The summed E-state index contributed by atoms with van der Waals surface area (Å²) < 4.78 is 11.4. The van der Waals surface area contributed by atoms with Gasteiger partial charge in [0.05, 0.1) is 19.3 Å². The van der Waals surface area contributed by atoms with Crippen molar-refractivity contribution in [2.24, 2.45) is 5.92 Å². The maximum atomic E-state index is 10.6. The molecule has 0 spiro atoms. The van der Waals surface area contributed by atoms with E-state index in [0.29, 0.717) is 19.1 Å². The van der Waals surface area contributed by atoms with Crippen molar-refractivity contribution in [2.75, 3.05) is 26.3 Å². The molecule has 4 nitrogen and oxygen atoms in total. The number of benzene rings is 1. The van der Waals surface area contributed by atoms with E-state index in [1.807, 2.05) is 26.0 Å². The largest absolute Gasteiger partial charge is 0.494 e. The highest BCUT2D eigenvalue weighted by Gasteiger charge is 2.41. The molecular formula is C18H27NO3. The van der Waals surface area contributed by atoms with Gasteiger partial charge in [-0.2, -0.15) is 0 Å². The summed E-state index contributed by atoms with van der Waals surface area (Å²) in [6.07, 6.45) is 2.92. The first kappa shape index (κ1) is 15.6. The van der Waals surface area contributed by atoms with Gasteiger partial charge in [-0.05, 0) is 63.7 Å². The molecule has 0 radical (unpaired) electrons. The summed E-state index contributed by atoms with van der Waals surface area (Å²) in [5.74, 6) is 2.22. The molecule has 3 aliphatic heterocycles. The highest BCUT2D eigenvalue weighted by atomic mass is 16.5. The first-order chi connectivity index (χ1) is 10.7. The Hall–Kier alpha value is -1.26. The first-order valence-corrected chi connectivity index (χ1v) is 8.53. The van der Waals surface area contributed by atoms with Crippen LogP contribution in [0.1, 0.15) is 32.3 Å². The molecule has 22 heavy (non-hydrogen) atoms. The minimum Gasteiger partial charge on any atom is -0.494 e. The Balaban J connectivity index is 1.78. The molecule has 1 N–H and O–H groups in total. The Morgan fingerprint density at radius 1 is 1.14 bits per heavy atom. The average Bonchev–Trinajstić information content (AvgIpc) is 2.54. The molecule has 1 aromatic carbocycles. The highest BCUT2D eigenvalue weighted by molar-refractivity contribution is 5.41. The fourth-order valence-corrected chi connectivity index (χ4v) is 3.85. The van der Waals surface area contributed by atoms with Crippen molar-refractivity contribution in [3.63, 3.8) is 0 Å². The van der Waals surface area contributed by atoms with E-state index in [2.05, 4.69) is 11.0 Å². The second-order valence-corrected chi connectivity index (χ2v) is 6.27. The zero-order valence-electron chi connectivity index (χ0n) is 13.6. The van der Waals surface area contributed by atoms with Gasteiger partial charge in [-0.3, -0.25) is 4.90 Å². The highest BCUT2D eigenvalue weighted by Crippen LogP contribution is 2.35. The summed E-state index contributed by atoms with van der Waals surface area (Å²) in [5, 5.41) is 10.6. The van der Waals surface area contributed by atoms with Crippen LogP contribution < -0.4 is 9.47 Å². The molecule has 3 heterocycles. The van der Waals surface area contributed by atoms with Crippen LogP contribution in [0, 0.1) is 5.92 Å². The second kappa shape index (κ2) is 6.88. The van der Waals surface area contributed by atoms with Gasteiger partial charge >= 0.3 is 0 Å². The number of nitrogens with zero attached hydrogens (tertiary/aromatic N) is 1. The van der Waals surface area contributed by atoms with E-state index in [0.717, 1.165) is 43.9 Å². The summed E-state index contributed by atoms with van der Waals surface area (Å²) in [7, 11) is 0. The lowest BCUT2D eigenvalue weighted by atomic mass is 9.78. The molecule has 3 aliphatic rings. The van der Waals surface area contributed by atoms with Crippen LogP contribution in [-0.2, 0) is 6.42 Å². The molecule has 1 aromatic rings. The third kappa shape index (κ3) is 3.08. The van der Waals surface area contributed by atoms with Crippen molar-refractivity contribution in [1.82, 2.24) is 4.90 Å². The maximum Gasteiger partial charge on any atom is 0.126 e. The molecule has 0 amide bonds. The van der Waals surface area contributed by atoms with Gasteiger partial charge < -0.3 is 14.6 Å². The molecule has 0 saturated carbocycles. The first-order valence-electron chi connectivity index (χ1n) is 8.53. The molecule has 4 heteroatoms. The average molecular weight is 305 g/mol.